The van der Waals surface area contributed by atoms with Gasteiger partial charge in [-0.3, -0.25) is 4.79 Å². The maximum atomic E-state index is 12.5. The first-order chi connectivity index (χ1) is 11.1. The molecule has 0 aromatic heterocycles. The lowest BCUT2D eigenvalue weighted by Crippen LogP contribution is -2.24. The molecule has 0 radical (unpaired) electrons. The summed E-state index contributed by atoms with van der Waals surface area (Å²) in [7, 11) is 0. The van der Waals surface area contributed by atoms with Crippen molar-refractivity contribution in [3.63, 3.8) is 0 Å². The predicted molar refractivity (Wildman–Crippen MR) is 97.6 cm³/mol. The SMILES string of the molecule is CCOc1cccc(NC(=O)C(CC)Sc2ccc(Cl)cc2)c1. The highest BCUT2D eigenvalue weighted by molar-refractivity contribution is 8.00. The van der Waals surface area contributed by atoms with Gasteiger partial charge in [-0.2, -0.15) is 0 Å². The number of carbonyl (C=O) groups excluding carboxylic acids is 1. The first-order valence-electron chi connectivity index (χ1n) is 7.58. The van der Waals surface area contributed by atoms with Crippen molar-refractivity contribution < 1.29 is 9.53 Å². The van der Waals surface area contributed by atoms with Gasteiger partial charge in [0.15, 0.2) is 0 Å². The van der Waals surface area contributed by atoms with Gasteiger partial charge in [0.05, 0.1) is 11.9 Å². The Morgan fingerprint density at radius 3 is 2.61 bits per heavy atom. The Bertz CT molecular complexity index is 646. The number of ether oxygens (including phenoxy) is 1. The topological polar surface area (TPSA) is 38.3 Å². The van der Waals surface area contributed by atoms with Gasteiger partial charge in [-0.05, 0) is 49.7 Å². The van der Waals surface area contributed by atoms with Crippen LogP contribution in [0.5, 0.6) is 5.75 Å². The second-order valence-electron chi connectivity index (χ2n) is 4.92. The van der Waals surface area contributed by atoms with Crippen LogP contribution in [0.2, 0.25) is 5.02 Å². The van der Waals surface area contributed by atoms with E-state index in [2.05, 4.69) is 5.32 Å². The fourth-order valence-electron chi connectivity index (χ4n) is 2.05. The molecule has 2 rings (SSSR count). The molecule has 0 saturated heterocycles. The van der Waals surface area contributed by atoms with Gasteiger partial charge < -0.3 is 10.1 Å². The largest absolute Gasteiger partial charge is 0.494 e. The van der Waals surface area contributed by atoms with Crippen molar-refractivity contribution >= 4 is 35.0 Å². The van der Waals surface area contributed by atoms with E-state index in [0.717, 1.165) is 22.8 Å². The van der Waals surface area contributed by atoms with Crippen molar-refractivity contribution in [2.24, 2.45) is 0 Å². The van der Waals surface area contributed by atoms with E-state index < -0.39 is 0 Å². The fourth-order valence-corrected chi connectivity index (χ4v) is 3.13. The molecule has 2 aromatic carbocycles. The smallest absolute Gasteiger partial charge is 0.237 e. The Labute approximate surface area is 146 Å². The first-order valence-corrected chi connectivity index (χ1v) is 8.84. The average molecular weight is 350 g/mol. The summed E-state index contributed by atoms with van der Waals surface area (Å²) >= 11 is 7.43. The lowest BCUT2D eigenvalue weighted by atomic mass is 10.2. The minimum Gasteiger partial charge on any atom is -0.494 e. The third-order valence-corrected chi connectivity index (χ3v) is 4.80. The van der Waals surface area contributed by atoms with E-state index in [4.69, 9.17) is 16.3 Å². The van der Waals surface area contributed by atoms with E-state index in [1.165, 1.54) is 11.8 Å². The molecule has 122 valence electrons. The molecule has 1 N–H and O–H groups in total. The van der Waals surface area contributed by atoms with Crippen molar-refractivity contribution in [1.29, 1.82) is 0 Å². The van der Waals surface area contributed by atoms with Crippen LogP contribution in [-0.2, 0) is 4.79 Å². The number of benzene rings is 2. The van der Waals surface area contributed by atoms with Crippen molar-refractivity contribution in [3.8, 4) is 5.75 Å². The molecule has 2 aromatic rings. The third kappa shape index (κ3) is 5.48. The number of carbonyl (C=O) groups is 1. The molecule has 0 spiro atoms. The summed E-state index contributed by atoms with van der Waals surface area (Å²) in [5.41, 5.74) is 0.746. The first kappa shape index (κ1) is 17.7. The minimum absolute atomic E-state index is 0.0129. The van der Waals surface area contributed by atoms with Crippen LogP contribution in [0.1, 0.15) is 20.3 Å². The van der Waals surface area contributed by atoms with Crippen LogP contribution in [0.15, 0.2) is 53.4 Å². The zero-order valence-corrected chi connectivity index (χ0v) is 14.8. The summed E-state index contributed by atoms with van der Waals surface area (Å²) in [5, 5.41) is 3.49. The summed E-state index contributed by atoms with van der Waals surface area (Å²) in [6.45, 7) is 4.53. The predicted octanol–water partition coefficient (Wildman–Crippen LogP) is 5.25. The molecule has 1 atom stereocenters. The standard InChI is InChI=1S/C18H20ClNO2S/c1-3-17(23-16-10-8-13(19)9-11-16)18(21)20-14-6-5-7-15(12-14)22-4-2/h5-12,17H,3-4H2,1-2H3,(H,20,21). The van der Waals surface area contributed by atoms with Crippen molar-refractivity contribution in [2.75, 3.05) is 11.9 Å². The zero-order valence-electron chi connectivity index (χ0n) is 13.2. The van der Waals surface area contributed by atoms with Crippen LogP contribution >= 0.6 is 23.4 Å². The van der Waals surface area contributed by atoms with Gasteiger partial charge in [-0.1, -0.05) is 24.6 Å². The number of rotatable bonds is 7. The molecule has 1 amide bonds. The Hall–Kier alpha value is -1.65. The van der Waals surface area contributed by atoms with E-state index in [9.17, 15) is 4.79 Å². The maximum Gasteiger partial charge on any atom is 0.237 e. The van der Waals surface area contributed by atoms with Gasteiger partial charge in [0.2, 0.25) is 5.91 Å². The number of halogens is 1. The number of anilines is 1. The van der Waals surface area contributed by atoms with Crippen LogP contribution in [0.3, 0.4) is 0 Å². The number of nitrogens with one attached hydrogen (secondary N) is 1. The number of thioether (sulfide) groups is 1. The zero-order chi connectivity index (χ0) is 16.7. The van der Waals surface area contributed by atoms with Gasteiger partial charge in [0.25, 0.3) is 0 Å². The van der Waals surface area contributed by atoms with Gasteiger partial charge >= 0.3 is 0 Å². The Morgan fingerprint density at radius 2 is 1.96 bits per heavy atom. The molecule has 0 heterocycles. The molecular weight excluding hydrogens is 330 g/mol. The van der Waals surface area contributed by atoms with E-state index >= 15 is 0 Å². The van der Waals surface area contributed by atoms with E-state index in [1.54, 1.807) is 0 Å². The van der Waals surface area contributed by atoms with Gasteiger partial charge in [0.1, 0.15) is 5.75 Å². The summed E-state index contributed by atoms with van der Waals surface area (Å²) in [4.78, 5) is 13.5. The Kier molecular flexibility index (Phi) is 6.81. The second kappa shape index (κ2) is 8.85. The van der Waals surface area contributed by atoms with Crippen LogP contribution in [0.25, 0.3) is 0 Å². The normalized spacial score (nSPS) is 11.8. The van der Waals surface area contributed by atoms with Crippen molar-refractivity contribution in [3.05, 3.63) is 53.6 Å². The molecule has 0 aliphatic rings. The molecular formula is C18H20ClNO2S. The number of hydrogen-bond donors (Lipinski definition) is 1. The lowest BCUT2D eigenvalue weighted by Gasteiger charge is -2.15. The Balaban J connectivity index is 2.02. The molecule has 5 heteroatoms. The highest BCUT2D eigenvalue weighted by Crippen LogP contribution is 2.28. The molecule has 3 nitrogen and oxygen atoms in total. The summed E-state index contributed by atoms with van der Waals surface area (Å²) in [6, 6.07) is 15.0. The van der Waals surface area contributed by atoms with E-state index in [-0.39, 0.29) is 11.2 Å². The maximum absolute atomic E-state index is 12.5. The Morgan fingerprint density at radius 1 is 1.22 bits per heavy atom. The molecule has 0 bridgehead atoms. The van der Waals surface area contributed by atoms with Crippen LogP contribution < -0.4 is 10.1 Å². The van der Waals surface area contributed by atoms with Crippen LogP contribution in [-0.4, -0.2) is 17.8 Å². The molecule has 0 aliphatic heterocycles. The monoisotopic (exact) mass is 349 g/mol. The highest BCUT2D eigenvalue weighted by atomic mass is 35.5. The van der Waals surface area contributed by atoms with Crippen LogP contribution in [0, 0.1) is 0 Å². The van der Waals surface area contributed by atoms with Crippen molar-refractivity contribution in [2.45, 2.75) is 30.4 Å². The molecule has 0 fully saturated rings. The minimum atomic E-state index is -0.160. The van der Waals surface area contributed by atoms with E-state index in [0.29, 0.717) is 11.6 Å². The second-order valence-corrected chi connectivity index (χ2v) is 6.63. The number of hydrogen-bond acceptors (Lipinski definition) is 3. The fraction of sp³-hybridized carbons (Fsp3) is 0.278. The third-order valence-electron chi connectivity index (χ3n) is 3.17. The van der Waals surface area contributed by atoms with Gasteiger partial charge in [0, 0.05) is 21.7 Å². The van der Waals surface area contributed by atoms with E-state index in [1.807, 2.05) is 62.4 Å². The van der Waals surface area contributed by atoms with Crippen LogP contribution in [0.4, 0.5) is 5.69 Å². The van der Waals surface area contributed by atoms with Gasteiger partial charge in [-0.15, -0.1) is 11.8 Å². The molecule has 0 aliphatic carbocycles. The molecule has 0 saturated carbocycles. The average Bonchev–Trinajstić information content (AvgIpc) is 2.55. The highest BCUT2D eigenvalue weighted by Gasteiger charge is 2.18. The summed E-state index contributed by atoms with van der Waals surface area (Å²) in [5.74, 6) is 0.741. The summed E-state index contributed by atoms with van der Waals surface area (Å²) < 4.78 is 5.45. The molecule has 1 unspecified atom stereocenters. The van der Waals surface area contributed by atoms with Gasteiger partial charge in [-0.25, -0.2) is 0 Å². The molecule has 23 heavy (non-hydrogen) atoms. The quantitative estimate of drug-likeness (QED) is 0.694. The summed E-state index contributed by atoms with van der Waals surface area (Å²) in [6.07, 6.45) is 0.740. The van der Waals surface area contributed by atoms with Crippen molar-refractivity contribution in [1.82, 2.24) is 0 Å². The lowest BCUT2D eigenvalue weighted by molar-refractivity contribution is -0.115. The number of amides is 1.